The van der Waals surface area contributed by atoms with Gasteiger partial charge in [0.25, 0.3) is 0 Å². The highest BCUT2D eigenvalue weighted by Gasteiger charge is 2.61. The molecule has 128 valence electrons. The summed E-state index contributed by atoms with van der Waals surface area (Å²) < 4.78 is 36.1. The fourth-order valence-corrected chi connectivity index (χ4v) is 3.45. The van der Waals surface area contributed by atoms with Crippen molar-refractivity contribution in [3.63, 3.8) is 0 Å². The van der Waals surface area contributed by atoms with Gasteiger partial charge in [0.2, 0.25) is 4.77 Å². The van der Waals surface area contributed by atoms with E-state index < -0.39 is 23.3 Å². The number of ether oxygens (including phenoxy) is 1. The molecule has 1 aliphatic heterocycles. The summed E-state index contributed by atoms with van der Waals surface area (Å²) in [6, 6.07) is 11.2. The summed E-state index contributed by atoms with van der Waals surface area (Å²) in [7, 11) is 0. The SMILES string of the molecule is Fc1cccc(C2(Cn3[nH]cnc3=S)OC2c2ccccc2Cl)c1F. The molecule has 4 nitrogen and oxygen atoms in total. The van der Waals surface area contributed by atoms with Crippen LogP contribution < -0.4 is 0 Å². The molecule has 8 heteroatoms. The van der Waals surface area contributed by atoms with Crippen molar-refractivity contribution in [2.75, 3.05) is 0 Å². The predicted octanol–water partition coefficient (Wildman–Crippen LogP) is 4.54. The van der Waals surface area contributed by atoms with Gasteiger partial charge < -0.3 is 4.74 Å². The van der Waals surface area contributed by atoms with Gasteiger partial charge >= 0.3 is 0 Å². The minimum atomic E-state index is -1.12. The lowest BCUT2D eigenvalue weighted by atomic mass is 9.91. The van der Waals surface area contributed by atoms with E-state index >= 15 is 0 Å². The summed E-state index contributed by atoms with van der Waals surface area (Å²) in [5, 5.41) is 3.36. The Labute approximate surface area is 152 Å². The Morgan fingerprint density at radius 2 is 2.04 bits per heavy atom. The number of hydrogen-bond acceptors (Lipinski definition) is 3. The van der Waals surface area contributed by atoms with E-state index in [4.69, 9.17) is 28.6 Å². The number of aromatic amines is 1. The van der Waals surface area contributed by atoms with Crippen molar-refractivity contribution in [2.45, 2.75) is 18.2 Å². The standard InChI is InChI=1S/C17H12ClF2N3OS/c18-12-6-2-1-4-10(12)15-17(24-15,8-23-16(25)21-9-22-23)11-5-3-7-13(19)14(11)20/h1-7,9,15H,8H2,(H,21,22,25). The minimum Gasteiger partial charge on any atom is -0.354 e. The highest BCUT2D eigenvalue weighted by atomic mass is 35.5. The summed E-state index contributed by atoms with van der Waals surface area (Å²) in [6.07, 6.45) is 0.910. The maximum Gasteiger partial charge on any atom is 0.215 e. The molecule has 1 aliphatic rings. The number of aromatic nitrogens is 3. The molecule has 0 aliphatic carbocycles. The van der Waals surface area contributed by atoms with E-state index in [9.17, 15) is 8.78 Å². The van der Waals surface area contributed by atoms with Gasteiger partial charge in [0.1, 0.15) is 18.0 Å². The first-order valence-electron chi connectivity index (χ1n) is 7.50. The van der Waals surface area contributed by atoms with Crippen molar-refractivity contribution < 1.29 is 13.5 Å². The first-order chi connectivity index (χ1) is 12.0. The zero-order valence-electron chi connectivity index (χ0n) is 12.7. The summed E-state index contributed by atoms with van der Waals surface area (Å²) in [4.78, 5) is 3.95. The summed E-state index contributed by atoms with van der Waals surface area (Å²) in [5.41, 5.74) is -0.296. The molecule has 1 aromatic heterocycles. The molecule has 1 saturated heterocycles. The van der Waals surface area contributed by atoms with E-state index in [1.807, 2.05) is 6.07 Å². The molecule has 25 heavy (non-hydrogen) atoms. The lowest BCUT2D eigenvalue weighted by molar-refractivity contribution is 0.254. The molecular formula is C17H12ClF2N3OS. The van der Waals surface area contributed by atoms with Crippen LogP contribution in [0, 0.1) is 16.4 Å². The zero-order valence-corrected chi connectivity index (χ0v) is 14.3. The maximum atomic E-state index is 14.5. The number of hydrogen-bond donors (Lipinski definition) is 1. The number of benzene rings is 2. The molecule has 0 radical (unpaired) electrons. The molecular weight excluding hydrogens is 368 g/mol. The molecule has 0 amide bonds. The minimum absolute atomic E-state index is 0.119. The molecule has 0 saturated carbocycles. The number of halogens is 3. The van der Waals surface area contributed by atoms with Gasteiger partial charge in [-0.1, -0.05) is 41.9 Å². The second-order valence-corrected chi connectivity index (χ2v) is 6.54. The third-order valence-corrected chi connectivity index (χ3v) is 4.97. The van der Waals surface area contributed by atoms with E-state index in [-0.39, 0.29) is 12.1 Å². The third-order valence-electron chi connectivity index (χ3n) is 4.30. The van der Waals surface area contributed by atoms with Gasteiger partial charge in [-0.25, -0.2) is 13.8 Å². The van der Waals surface area contributed by atoms with Gasteiger partial charge in [-0.3, -0.25) is 9.78 Å². The van der Waals surface area contributed by atoms with Gasteiger partial charge in [0.05, 0.1) is 6.54 Å². The first kappa shape index (κ1) is 16.4. The van der Waals surface area contributed by atoms with E-state index in [0.29, 0.717) is 15.4 Å². The molecule has 1 fully saturated rings. The predicted molar refractivity (Wildman–Crippen MR) is 90.7 cm³/mol. The van der Waals surface area contributed by atoms with Crippen molar-refractivity contribution in [3.8, 4) is 0 Å². The Morgan fingerprint density at radius 3 is 2.76 bits per heavy atom. The number of epoxide rings is 1. The Kier molecular flexibility index (Phi) is 3.94. The van der Waals surface area contributed by atoms with Gasteiger partial charge in [-0.2, -0.15) is 0 Å². The van der Waals surface area contributed by atoms with E-state index in [1.54, 1.807) is 22.9 Å². The van der Waals surface area contributed by atoms with Gasteiger partial charge in [0, 0.05) is 16.1 Å². The van der Waals surface area contributed by atoms with Crippen molar-refractivity contribution in [1.82, 2.24) is 14.8 Å². The van der Waals surface area contributed by atoms with Crippen LogP contribution in [-0.2, 0) is 16.9 Å². The molecule has 4 rings (SSSR count). The average Bonchev–Trinajstić information content (AvgIpc) is 3.17. The van der Waals surface area contributed by atoms with Gasteiger partial charge in [0.15, 0.2) is 11.6 Å². The maximum absolute atomic E-state index is 14.5. The number of nitrogens with zero attached hydrogens (tertiary/aromatic N) is 2. The molecule has 1 N–H and O–H groups in total. The largest absolute Gasteiger partial charge is 0.354 e. The van der Waals surface area contributed by atoms with Crippen LogP contribution in [0.25, 0.3) is 0 Å². The topological polar surface area (TPSA) is 46.1 Å². The molecule has 2 heterocycles. The second kappa shape index (κ2) is 6.01. The molecule has 2 unspecified atom stereocenters. The second-order valence-electron chi connectivity index (χ2n) is 5.77. The molecule has 3 aromatic rings. The molecule has 2 atom stereocenters. The Balaban J connectivity index is 1.83. The number of H-pyrrole nitrogens is 1. The summed E-state index contributed by atoms with van der Waals surface area (Å²) >= 11 is 11.4. The summed E-state index contributed by atoms with van der Waals surface area (Å²) in [5.74, 6) is -1.87. The lowest BCUT2D eigenvalue weighted by Gasteiger charge is -2.16. The summed E-state index contributed by atoms with van der Waals surface area (Å²) in [6.45, 7) is 0.155. The average molecular weight is 380 g/mol. The zero-order chi connectivity index (χ0) is 17.6. The first-order valence-corrected chi connectivity index (χ1v) is 8.28. The van der Waals surface area contributed by atoms with Crippen LogP contribution in [0.2, 0.25) is 5.02 Å². The fraction of sp³-hybridized carbons (Fsp3) is 0.176. The van der Waals surface area contributed by atoms with Crippen LogP contribution >= 0.6 is 23.8 Å². The van der Waals surface area contributed by atoms with Crippen LogP contribution in [-0.4, -0.2) is 14.8 Å². The monoisotopic (exact) mass is 379 g/mol. The van der Waals surface area contributed by atoms with Crippen molar-refractivity contribution in [3.05, 3.63) is 81.3 Å². The van der Waals surface area contributed by atoms with Crippen molar-refractivity contribution >= 4 is 23.8 Å². The Bertz CT molecular complexity index is 1010. The van der Waals surface area contributed by atoms with Gasteiger partial charge in [-0.05, 0) is 24.4 Å². The van der Waals surface area contributed by atoms with Crippen LogP contribution in [0.3, 0.4) is 0 Å². The van der Waals surface area contributed by atoms with E-state index in [1.165, 1.54) is 18.5 Å². The highest BCUT2D eigenvalue weighted by molar-refractivity contribution is 7.71. The van der Waals surface area contributed by atoms with Crippen LogP contribution in [0.4, 0.5) is 8.78 Å². The van der Waals surface area contributed by atoms with E-state index in [2.05, 4.69) is 10.1 Å². The van der Waals surface area contributed by atoms with Crippen LogP contribution in [0.5, 0.6) is 0 Å². The smallest absolute Gasteiger partial charge is 0.215 e. The van der Waals surface area contributed by atoms with Crippen molar-refractivity contribution in [1.29, 1.82) is 0 Å². The van der Waals surface area contributed by atoms with E-state index in [0.717, 1.165) is 6.07 Å². The normalized spacial score (nSPS) is 22.1. The van der Waals surface area contributed by atoms with Gasteiger partial charge in [-0.15, -0.1) is 0 Å². The molecule has 0 bridgehead atoms. The molecule has 2 aromatic carbocycles. The lowest BCUT2D eigenvalue weighted by Crippen LogP contribution is -2.22. The Hall–Kier alpha value is -2.09. The van der Waals surface area contributed by atoms with Crippen LogP contribution in [0.15, 0.2) is 48.8 Å². The highest BCUT2D eigenvalue weighted by Crippen LogP contribution is 2.59. The third kappa shape index (κ3) is 2.68. The van der Waals surface area contributed by atoms with Crippen LogP contribution in [0.1, 0.15) is 17.2 Å². The number of rotatable bonds is 4. The Morgan fingerprint density at radius 1 is 1.24 bits per heavy atom. The number of nitrogens with one attached hydrogen (secondary N) is 1. The fourth-order valence-electron chi connectivity index (χ4n) is 3.05. The van der Waals surface area contributed by atoms with Crippen molar-refractivity contribution in [2.24, 2.45) is 0 Å². The molecule has 0 spiro atoms. The quantitative estimate of drug-likeness (QED) is 0.534.